The quantitative estimate of drug-likeness (QED) is 0.643. The fraction of sp³-hybridized carbons (Fsp3) is 0.227. The van der Waals surface area contributed by atoms with E-state index in [1.54, 1.807) is 45.0 Å². The third-order valence-electron chi connectivity index (χ3n) is 3.99. The molecule has 1 N–H and O–H groups in total. The summed E-state index contributed by atoms with van der Waals surface area (Å²) in [5.74, 6) is 0.503. The molecule has 0 aliphatic heterocycles. The third kappa shape index (κ3) is 4.85. The van der Waals surface area contributed by atoms with E-state index in [4.69, 9.17) is 9.15 Å². The monoisotopic (exact) mass is 378 g/mol. The number of rotatable bonds is 6. The highest BCUT2D eigenvalue weighted by Crippen LogP contribution is 2.22. The molecule has 1 heterocycles. The number of anilines is 1. The van der Waals surface area contributed by atoms with Gasteiger partial charge in [0.15, 0.2) is 0 Å². The number of ether oxygens (including phenoxy) is 1. The van der Waals surface area contributed by atoms with Gasteiger partial charge in [-0.05, 0) is 57.2 Å². The maximum absolute atomic E-state index is 12.4. The van der Waals surface area contributed by atoms with Gasteiger partial charge < -0.3 is 14.5 Å². The van der Waals surface area contributed by atoms with E-state index in [9.17, 15) is 9.59 Å². The number of aryl methyl sites for hydroxylation is 1. The van der Waals surface area contributed by atoms with Crippen LogP contribution in [0.4, 0.5) is 5.69 Å². The smallest absolute Gasteiger partial charge is 0.338 e. The van der Waals surface area contributed by atoms with E-state index in [1.165, 1.54) is 0 Å². The first-order chi connectivity index (χ1) is 13.4. The number of hydrogen-bond acceptors (Lipinski definition) is 5. The maximum Gasteiger partial charge on any atom is 0.338 e. The van der Waals surface area contributed by atoms with Crippen molar-refractivity contribution in [3.05, 3.63) is 71.6 Å². The Morgan fingerprint density at radius 2 is 1.75 bits per heavy atom. The highest BCUT2D eigenvalue weighted by Gasteiger charge is 2.15. The minimum absolute atomic E-state index is 0.0965. The predicted octanol–water partition coefficient (Wildman–Crippen LogP) is 4.40. The van der Waals surface area contributed by atoms with Crippen molar-refractivity contribution >= 4 is 17.6 Å². The van der Waals surface area contributed by atoms with Gasteiger partial charge in [0.05, 0.1) is 23.8 Å². The van der Waals surface area contributed by atoms with Gasteiger partial charge in [-0.3, -0.25) is 4.79 Å². The van der Waals surface area contributed by atoms with E-state index in [1.807, 2.05) is 30.3 Å². The first kappa shape index (κ1) is 19.4. The molecule has 0 atom stereocenters. The van der Waals surface area contributed by atoms with Crippen molar-refractivity contribution in [2.24, 2.45) is 0 Å². The Bertz CT molecular complexity index is 960. The number of nitrogens with one attached hydrogen (secondary N) is 1. The Morgan fingerprint density at radius 1 is 1.07 bits per heavy atom. The average molecular weight is 378 g/mol. The summed E-state index contributed by atoms with van der Waals surface area (Å²) in [6, 6.07) is 16.1. The van der Waals surface area contributed by atoms with Crippen LogP contribution in [-0.2, 0) is 16.0 Å². The number of amides is 1. The van der Waals surface area contributed by atoms with Crippen molar-refractivity contribution in [1.82, 2.24) is 4.98 Å². The van der Waals surface area contributed by atoms with Gasteiger partial charge in [0.1, 0.15) is 5.76 Å². The van der Waals surface area contributed by atoms with Crippen LogP contribution in [0.1, 0.15) is 35.7 Å². The Labute approximate surface area is 163 Å². The van der Waals surface area contributed by atoms with Crippen molar-refractivity contribution in [3.63, 3.8) is 0 Å². The first-order valence-electron chi connectivity index (χ1n) is 9.05. The van der Waals surface area contributed by atoms with Crippen molar-refractivity contribution in [2.75, 3.05) is 5.32 Å². The molecule has 0 radical (unpaired) electrons. The van der Waals surface area contributed by atoms with Crippen molar-refractivity contribution in [1.29, 1.82) is 0 Å². The maximum atomic E-state index is 12.4. The van der Waals surface area contributed by atoms with Crippen LogP contribution in [0.25, 0.3) is 11.5 Å². The number of carbonyl (C=O) groups is 2. The van der Waals surface area contributed by atoms with Crippen LogP contribution >= 0.6 is 0 Å². The van der Waals surface area contributed by atoms with Gasteiger partial charge in [0.25, 0.3) is 0 Å². The number of esters is 1. The summed E-state index contributed by atoms with van der Waals surface area (Å²) >= 11 is 0. The SMILES string of the molecule is Cc1oc(-c2ccccc2)nc1CC(=O)Nc1ccc(C(=O)OC(C)C)cc1. The van der Waals surface area contributed by atoms with Gasteiger partial charge in [-0.25, -0.2) is 9.78 Å². The molecule has 1 aromatic heterocycles. The summed E-state index contributed by atoms with van der Waals surface area (Å²) in [7, 11) is 0. The predicted molar refractivity (Wildman–Crippen MR) is 106 cm³/mol. The van der Waals surface area contributed by atoms with Gasteiger partial charge >= 0.3 is 5.97 Å². The van der Waals surface area contributed by atoms with Gasteiger partial charge in [-0.1, -0.05) is 18.2 Å². The van der Waals surface area contributed by atoms with E-state index in [0.717, 1.165) is 5.56 Å². The summed E-state index contributed by atoms with van der Waals surface area (Å²) in [6.45, 7) is 5.38. The van der Waals surface area contributed by atoms with E-state index in [-0.39, 0.29) is 24.4 Å². The standard InChI is InChI=1S/C22H22N2O4/c1-14(2)27-22(26)17-9-11-18(12-10-17)23-20(25)13-19-15(3)28-21(24-19)16-7-5-4-6-8-16/h4-12,14H,13H2,1-3H3,(H,23,25). The second-order valence-electron chi connectivity index (χ2n) is 6.64. The zero-order valence-corrected chi connectivity index (χ0v) is 16.1. The van der Waals surface area contributed by atoms with E-state index >= 15 is 0 Å². The number of nitrogens with zero attached hydrogens (tertiary/aromatic N) is 1. The number of aromatic nitrogens is 1. The molecule has 1 amide bonds. The topological polar surface area (TPSA) is 81.4 Å². The molecule has 6 heteroatoms. The molecule has 0 bridgehead atoms. The largest absolute Gasteiger partial charge is 0.459 e. The van der Waals surface area contributed by atoms with Gasteiger partial charge in [0.2, 0.25) is 11.8 Å². The lowest BCUT2D eigenvalue weighted by atomic mass is 10.2. The van der Waals surface area contributed by atoms with Crippen molar-refractivity contribution in [2.45, 2.75) is 33.3 Å². The molecule has 0 aliphatic carbocycles. The minimum atomic E-state index is -0.389. The minimum Gasteiger partial charge on any atom is -0.459 e. The van der Waals surface area contributed by atoms with E-state index < -0.39 is 0 Å². The van der Waals surface area contributed by atoms with E-state index in [2.05, 4.69) is 10.3 Å². The van der Waals surface area contributed by atoms with Crippen molar-refractivity contribution < 1.29 is 18.7 Å². The molecule has 0 spiro atoms. The highest BCUT2D eigenvalue weighted by atomic mass is 16.5. The zero-order chi connectivity index (χ0) is 20.1. The van der Waals surface area contributed by atoms with Crippen LogP contribution in [0.15, 0.2) is 59.0 Å². The molecule has 2 aromatic carbocycles. The molecule has 0 saturated heterocycles. The molecule has 28 heavy (non-hydrogen) atoms. The summed E-state index contributed by atoms with van der Waals surface area (Å²) in [5, 5.41) is 2.80. The second-order valence-corrected chi connectivity index (χ2v) is 6.64. The highest BCUT2D eigenvalue weighted by molar-refractivity contribution is 5.94. The van der Waals surface area contributed by atoms with Crippen LogP contribution in [0.2, 0.25) is 0 Å². The Kier molecular flexibility index (Phi) is 5.89. The van der Waals surface area contributed by atoms with Crippen LogP contribution in [0, 0.1) is 6.92 Å². The van der Waals surface area contributed by atoms with Gasteiger partial charge in [-0.2, -0.15) is 0 Å². The first-order valence-corrected chi connectivity index (χ1v) is 9.05. The Morgan fingerprint density at radius 3 is 2.39 bits per heavy atom. The van der Waals surface area contributed by atoms with Crippen LogP contribution in [0.3, 0.4) is 0 Å². The molecule has 0 fully saturated rings. The van der Waals surface area contributed by atoms with Crippen LogP contribution in [-0.4, -0.2) is 23.0 Å². The second kappa shape index (κ2) is 8.52. The van der Waals surface area contributed by atoms with Crippen LogP contribution in [0.5, 0.6) is 0 Å². The fourth-order valence-corrected chi connectivity index (χ4v) is 2.63. The molecule has 0 saturated carbocycles. The summed E-state index contributed by atoms with van der Waals surface area (Å²) < 4.78 is 10.8. The fourth-order valence-electron chi connectivity index (χ4n) is 2.63. The summed E-state index contributed by atoms with van der Waals surface area (Å²) in [4.78, 5) is 28.7. The van der Waals surface area contributed by atoms with Gasteiger partial charge in [-0.15, -0.1) is 0 Å². The Hall–Kier alpha value is -3.41. The Balaban J connectivity index is 1.63. The lowest BCUT2D eigenvalue weighted by Gasteiger charge is -2.09. The molecule has 0 unspecified atom stereocenters. The molecule has 144 valence electrons. The van der Waals surface area contributed by atoms with E-state index in [0.29, 0.717) is 28.6 Å². The molecular formula is C22H22N2O4. The number of benzene rings is 2. The van der Waals surface area contributed by atoms with Crippen LogP contribution < -0.4 is 5.32 Å². The lowest BCUT2D eigenvalue weighted by molar-refractivity contribution is -0.115. The number of carbonyl (C=O) groups excluding carboxylic acids is 2. The van der Waals surface area contributed by atoms with Gasteiger partial charge in [0, 0.05) is 11.3 Å². The normalized spacial score (nSPS) is 10.7. The average Bonchev–Trinajstić information content (AvgIpc) is 3.03. The molecule has 3 aromatic rings. The zero-order valence-electron chi connectivity index (χ0n) is 16.1. The third-order valence-corrected chi connectivity index (χ3v) is 3.99. The number of oxazole rings is 1. The lowest BCUT2D eigenvalue weighted by Crippen LogP contribution is -2.15. The molecule has 3 rings (SSSR count). The van der Waals surface area contributed by atoms with Crippen molar-refractivity contribution in [3.8, 4) is 11.5 Å². The molecule has 0 aliphatic rings. The molecular weight excluding hydrogens is 356 g/mol. The molecule has 6 nitrogen and oxygen atoms in total. The number of hydrogen-bond donors (Lipinski definition) is 1. The summed E-state index contributed by atoms with van der Waals surface area (Å²) in [6.07, 6.45) is -0.0855. The summed E-state index contributed by atoms with van der Waals surface area (Å²) in [5.41, 5.74) is 2.48.